The predicted octanol–water partition coefficient (Wildman–Crippen LogP) is 12.3. The van der Waals surface area contributed by atoms with Gasteiger partial charge in [-0.2, -0.15) is 0 Å². The van der Waals surface area contributed by atoms with Gasteiger partial charge in [0.15, 0.2) is 0 Å². The van der Waals surface area contributed by atoms with Crippen LogP contribution in [0.5, 0.6) is 0 Å². The third-order valence-electron chi connectivity index (χ3n) is 8.12. The summed E-state index contributed by atoms with van der Waals surface area (Å²) in [5.74, 6) is 0. The van der Waals surface area contributed by atoms with E-state index in [1.807, 2.05) is 6.07 Å². The fourth-order valence-corrected chi connectivity index (χ4v) is 5.73. The van der Waals surface area contributed by atoms with Crippen molar-refractivity contribution in [1.82, 2.24) is 0 Å². The third kappa shape index (κ3) is 6.39. The van der Waals surface area contributed by atoms with E-state index in [0.29, 0.717) is 0 Å². The molecule has 214 valence electrons. The largest absolute Gasteiger partial charge is 0.310 e. The zero-order valence-electron chi connectivity index (χ0n) is 25.0. The Kier molecular flexibility index (Phi) is 8.15. The van der Waals surface area contributed by atoms with Crippen molar-refractivity contribution in [2.24, 2.45) is 0 Å². The molecule has 0 unspecified atom stereocenters. The van der Waals surface area contributed by atoms with Gasteiger partial charge in [0.05, 0.1) is 5.69 Å². The van der Waals surface area contributed by atoms with Gasteiger partial charge < -0.3 is 4.90 Å². The Morgan fingerprint density at radius 2 is 0.644 bits per heavy atom. The van der Waals surface area contributed by atoms with Crippen LogP contribution in [0.2, 0.25) is 0 Å². The average Bonchev–Trinajstić information content (AvgIpc) is 3.13. The summed E-state index contributed by atoms with van der Waals surface area (Å²) in [4.78, 5) is 2.35. The van der Waals surface area contributed by atoms with Crippen LogP contribution >= 0.6 is 0 Å². The number of nitrogens with zero attached hydrogens (tertiary/aromatic N) is 1. The van der Waals surface area contributed by atoms with Gasteiger partial charge in [-0.1, -0.05) is 170 Å². The molecule has 7 aromatic carbocycles. The Morgan fingerprint density at radius 3 is 1.11 bits per heavy atom. The second kappa shape index (κ2) is 13.2. The van der Waals surface area contributed by atoms with Crippen molar-refractivity contribution in [2.75, 3.05) is 4.90 Å². The molecule has 0 radical (unpaired) electrons. The van der Waals surface area contributed by atoms with Gasteiger partial charge in [0.25, 0.3) is 0 Å². The summed E-state index contributed by atoms with van der Waals surface area (Å²) < 4.78 is 0. The second-order valence-corrected chi connectivity index (χ2v) is 11.0. The summed E-state index contributed by atoms with van der Waals surface area (Å²) in [7, 11) is 0. The smallest absolute Gasteiger partial charge is 0.0533 e. The Bertz CT molecular complexity index is 1990. The predicted molar refractivity (Wildman–Crippen MR) is 193 cm³/mol. The van der Waals surface area contributed by atoms with Gasteiger partial charge in [0.2, 0.25) is 0 Å². The van der Waals surface area contributed by atoms with Gasteiger partial charge in [-0.25, -0.2) is 0 Å². The SMILES string of the molecule is C(=Cc1ccccc1N(c1ccc(-c2ccccc2)cc1)c1ccc(-c2ccc(-c3ccccc3)cc2)cc1)c1ccccc1. The molecule has 0 saturated heterocycles. The standard InChI is InChI=1S/C44H33N/c1-4-12-34(13-5-1)20-21-41-18-10-11-19-44(41)45(42-30-26-39(27-31-42)36-16-8-3-9-17-36)43-32-28-40(29-33-43)38-24-22-37(23-25-38)35-14-6-2-7-15-35/h1-33H. The van der Waals surface area contributed by atoms with E-state index in [1.54, 1.807) is 0 Å². The van der Waals surface area contributed by atoms with Crippen LogP contribution in [0.15, 0.2) is 188 Å². The van der Waals surface area contributed by atoms with Crippen molar-refractivity contribution < 1.29 is 0 Å². The zero-order chi connectivity index (χ0) is 30.3. The average molecular weight is 576 g/mol. The summed E-state index contributed by atoms with van der Waals surface area (Å²) >= 11 is 0. The van der Waals surface area contributed by atoms with E-state index in [9.17, 15) is 0 Å². The fourth-order valence-electron chi connectivity index (χ4n) is 5.73. The highest BCUT2D eigenvalue weighted by Gasteiger charge is 2.16. The minimum Gasteiger partial charge on any atom is -0.310 e. The lowest BCUT2D eigenvalue weighted by molar-refractivity contribution is 1.28. The Balaban J connectivity index is 1.25. The molecular weight excluding hydrogens is 542 g/mol. The number of benzene rings is 7. The Labute approximate surface area is 266 Å². The van der Waals surface area contributed by atoms with E-state index in [2.05, 4.69) is 199 Å². The lowest BCUT2D eigenvalue weighted by Crippen LogP contribution is -2.11. The minimum atomic E-state index is 1.10. The lowest BCUT2D eigenvalue weighted by Gasteiger charge is -2.27. The van der Waals surface area contributed by atoms with Crippen LogP contribution < -0.4 is 4.90 Å². The Hall–Kier alpha value is -5.92. The first-order valence-corrected chi connectivity index (χ1v) is 15.4. The molecule has 1 nitrogen and oxygen atoms in total. The monoisotopic (exact) mass is 575 g/mol. The van der Waals surface area contributed by atoms with Crippen LogP contribution in [0.4, 0.5) is 17.1 Å². The highest BCUT2D eigenvalue weighted by Crippen LogP contribution is 2.39. The molecule has 7 rings (SSSR count). The van der Waals surface area contributed by atoms with Crippen LogP contribution in [0.1, 0.15) is 11.1 Å². The summed E-state index contributed by atoms with van der Waals surface area (Å²) in [5, 5.41) is 0. The summed E-state index contributed by atoms with van der Waals surface area (Å²) in [5.41, 5.74) is 12.9. The van der Waals surface area contributed by atoms with Gasteiger partial charge in [0.1, 0.15) is 0 Å². The quantitative estimate of drug-likeness (QED) is 0.163. The minimum absolute atomic E-state index is 1.10. The molecule has 45 heavy (non-hydrogen) atoms. The van der Waals surface area contributed by atoms with Crippen molar-refractivity contribution in [1.29, 1.82) is 0 Å². The molecule has 0 aliphatic heterocycles. The normalized spacial score (nSPS) is 11.0. The maximum atomic E-state index is 2.35. The third-order valence-corrected chi connectivity index (χ3v) is 8.12. The van der Waals surface area contributed by atoms with Crippen LogP contribution in [-0.4, -0.2) is 0 Å². The molecule has 7 aromatic rings. The van der Waals surface area contributed by atoms with E-state index in [-0.39, 0.29) is 0 Å². The first-order chi connectivity index (χ1) is 22.3. The van der Waals surface area contributed by atoms with Crippen LogP contribution in [0, 0.1) is 0 Å². The number of hydrogen-bond donors (Lipinski definition) is 0. The molecule has 0 aliphatic carbocycles. The molecule has 0 amide bonds. The number of anilines is 3. The Morgan fingerprint density at radius 1 is 0.289 bits per heavy atom. The highest BCUT2D eigenvalue weighted by atomic mass is 15.1. The van der Waals surface area contributed by atoms with Crippen molar-refractivity contribution in [2.45, 2.75) is 0 Å². The van der Waals surface area contributed by atoms with Crippen molar-refractivity contribution in [3.05, 3.63) is 199 Å². The van der Waals surface area contributed by atoms with E-state index in [0.717, 1.165) is 22.6 Å². The molecule has 0 atom stereocenters. The zero-order valence-corrected chi connectivity index (χ0v) is 25.0. The van der Waals surface area contributed by atoms with E-state index >= 15 is 0 Å². The lowest BCUT2D eigenvalue weighted by atomic mass is 10.00. The van der Waals surface area contributed by atoms with Crippen molar-refractivity contribution in [3.8, 4) is 33.4 Å². The highest BCUT2D eigenvalue weighted by molar-refractivity contribution is 5.86. The molecule has 0 spiro atoms. The van der Waals surface area contributed by atoms with E-state index in [1.165, 1.54) is 38.9 Å². The first-order valence-electron chi connectivity index (χ1n) is 15.4. The van der Waals surface area contributed by atoms with Gasteiger partial charge >= 0.3 is 0 Å². The van der Waals surface area contributed by atoms with Crippen molar-refractivity contribution in [3.63, 3.8) is 0 Å². The van der Waals surface area contributed by atoms with E-state index < -0.39 is 0 Å². The van der Waals surface area contributed by atoms with Gasteiger partial charge in [-0.3, -0.25) is 0 Å². The number of hydrogen-bond acceptors (Lipinski definition) is 1. The molecule has 0 bridgehead atoms. The van der Waals surface area contributed by atoms with Crippen LogP contribution in [0.3, 0.4) is 0 Å². The fraction of sp³-hybridized carbons (Fsp3) is 0. The molecule has 0 aromatic heterocycles. The summed E-state index contributed by atoms with van der Waals surface area (Å²) in [6, 6.07) is 66.7. The summed E-state index contributed by atoms with van der Waals surface area (Å²) in [6.07, 6.45) is 4.39. The van der Waals surface area contributed by atoms with Crippen LogP contribution in [-0.2, 0) is 0 Å². The summed E-state index contributed by atoms with van der Waals surface area (Å²) in [6.45, 7) is 0. The molecule has 0 saturated carbocycles. The maximum absolute atomic E-state index is 2.35. The topological polar surface area (TPSA) is 3.24 Å². The number of rotatable bonds is 8. The molecular formula is C44H33N. The first kappa shape index (κ1) is 27.9. The molecule has 0 aliphatic rings. The van der Waals surface area contributed by atoms with Gasteiger partial charge in [-0.05, 0) is 74.8 Å². The van der Waals surface area contributed by atoms with Gasteiger partial charge in [0, 0.05) is 11.4 Å². The second-order valence-electron chi connectivity index (χ2n) is 11.0. The van der Waals surface area contributed by atoms with Crippen LogP contribution in [0.25, 0.3) is 45.5 Å². The number of para-hydroxylation sites is 1. The molecule has 0 N–H and O–H groups in total. The van der Waals surface area contributed by atoms with E-state index in [4.69, 9.17) is 0 Å². The van der Waals surface area contributed by atoms with Gasteiger partial charge in [-0.15, -0.1) is 0 Å². The molecule has 0 heterocycles. The molecule has 1 heteroatoms. The molecule has 0 fully saturated rings. The van der Waals surface area contributed by atoms with Crippen molar-refractivity contribution >= 4 is 29.2 Å². The maximum Gasteiger partial charge on any atom is 0.0533 e.